The standard InChI is InChI=1S/C30H39N7O7/c38-25(36-15-5-10-24(36)29(42)32-20-6-4-7-20)19-44-26-18-23(34-37(26)21-8-2-1-3-9-21)28(41)33-22(11-12-27(39)40)30(43)35-16-13-31-14-17-35/h1-3,8-9,18,20,22,24,31H,4-7,10-17,19H2,(H,32,42)(H,33,41)(H,39,40)/t22-,24-/m0/s1. The molecular formula is C30H39N7O7. The molecule has 0 spiro atoms. The van der Waals surface area contributed by atoms with Gasteiger partial charge in [-0.2, -0.15) is 5.10 Å². The highest BCUT2D eigenvalue weighted by Gasteiger charge is 2.36. The van der Waals surface area contributed by atoms with Gasteiger partial charge in [-0.25, -0.2) is 4.68 Å². The Morgan fingerprint density at radius 1 is 1.02 bits per heavy atom. The zero-order valence-corrected chi connectivity index (χ0v) is 24.6. The molecule has 2 aliphatic heterocycles. The fraction of sp³-hybridized carbons (Fsp3) is 0.533. The molecule has 3 heterocycles. The molecule has 14 nitrogen and oxygen atoms in total. The minimum Gasteiger partial charge on any atom is -0.481 e. The Morgan fingerprint density at radius 3 is 2.45 bits per heavy atom. The van der Waals surface area contributed by atoms with Crippen molar-refractivity contribution < 1.29 is 33.8 Å². The number of likely N-dealkylation sites (tertiary alicyclic amines) is 1. The van der Waals surface area contributed by atoms with Gasteiger partial charge in [0.05, 0.1) is 5.69 Å². The van der Waals surface area contributed by atoms with E-state index in [0.29, 0.717) is 44.8 Å². The number of benzene rings is 1. The summed E-state index contributed by atoms with van der Waals surface area (Å²) < 4.78 is 7.29. The second-order valence-electron chi connectivity index (χ2n) is 11.3. The number of amides is 4. The van der Waals surface area contributed by atoms with E-state index in [1.165, 1.54) is 10.7 Å². The molecule has 1 saturated carbocycles. The maximum atomic E-state index is 13.4. The van der Waals surface area contributed by atoms with E-state index in [-0.39, 0.29) is 54.8 Å². The molecule has 236 valence electrons. The first-order valence-corrected chi connectivity index (χ1v) is 15.2. The van der Waals surface area contributed by atoms with Crippen LogP contribution in [0.2, 0.25) is 0 Å². The van der Waals surface area contributed by atoms with Gasteiger partial charge in [-0.3, -0.25) is 24.0 Å². The summed E-state index contributed by atoms with van der Waals surface area (Å²) in [5.74, 6) is -2.47. The topological polar surface area (TPSA) is 175 Å². The molecule has 2 aromatic rings. The molecule has 0 unspecified atom stereocenters. The normalized spacial score (nSPS) is 19.1. The van der Waals surface area contributed by atoms with Gasteiger partial charge in [-0.15, -0.1) is 0 Å². The third-order valence-electron chi connectivity index (χ3n) is 8.26. The van der Waals surface area contributed by atoms with Crippen molar-refractivity contribution >= 4 is 29.6 Å². The van der Waals surface area contributed by atoms with E-state index in [4.69, 9.17) is 4.74 Å². The lowest BCUT2D eigenvalue weighted by molar-refractivity contribution is -0.140. The summed E-state index contributed by atoms with van der Waals surface area (Å²) in [4.78, 5) is 67.0. The molecule has 1 aromatic carbocycles. The predicted molar refractivity (Wildman–Crippen MR) is 157 cm³/mol. The van der Waals surface area contributed by atoms with Crippen LogP contribution in [-0.2, 0) is 19.2 Å². The van der Waals surface area contributed by atoms with Gasteiger partial charge in [-0.05, 0) is 50.7 Å². The van der Waals surface area contributed by atoms with Crippen molar-refractivity contribution in [2.24, 2.45) is 0 Å². The largest absolute Gasteiger partial charge is 0.481 e. The van der Waals surface area contributed by atoms with Gasteiger partial charge >= 0.3 is 5.97 Å². The second kappa shape index (κ2) is 14.3. The van der Waals surface area contributed by atoms with E-state index in [0.717, 1.165) is 25.7 Å². The van der Waals surface area contributed by atoms with Crippen molar-refractivity contribution in [2.45, 2.75) is 63.1 Å². The van der Waals surface area contributed by atoms with Crippen LogP contribution in [0, 0.1) is 0 Å². The summed E-state index contributed by atoms with van der Waals surface area (Å²) in [6.45, 7) is 2.20. The zero-order chi connectivity index (χ0) is 31.1. The number of piperazine rings is 1. The number of ether oxygens (including phenoxy) is 1. The number of para-hydroxylation sites is 1. The number of carbonyl (C=O) groups is 5. The molecule has 0 bridgehead atoms. The summed E-state index contributed by atoms with van der Waals surface area (Å²) in [5, 5.41) is 22.5. The molecule has 14 heteroatoms. The van der Waals surface area contributed by atoms with E-state index in [1.54, 1.807) is 34.1 Å². The van der Waals surface area contributed by atoms with E-state index >= 15 is 0 Å². The third-order valence-corrected chi connectivity index (χ3v) is 8.26. The number of carbonyl (C=O) groups excluding carboxylic acids is 4. The van der Waals surface area contributed by atoms with Crippen LogP contribution in [-0.4, -0.2) is 112 Å². The first kappa shape index (κ1) is 31.0. The Bertz CT molecular complexity index is 1350. The lowest BCUT2D eigenvalue weighted by atomic mass is 9.93. The molecule has 5 rings (SSSR count). The van der Waals surface area contributed by atoms with Crippen molar-refractivity contribution in [3.63, 3.8) is 0 Å². The Morgan fingerprint density at radius 2 is 1.77 bits per heavy atom. The van der Waals surface area contributed by atoms with Crippen LogP contribution in [0.1, 0.15) is 55.4 Å². The molecule has 2 saturated heterocycles. The number of carboxylic acids is 1. The monoisotopic (exact) mass is 609 g/mol. The fourth-order valence-corrected chi connectivity index (χ4v) is 5.60. The van der Waals surface area contributed by atoms with Crippen LogP contribution in [0.25, 0.3) is 5.69 Å². The Hall–Kier alpha value is -4.46. The Kier molecular flexibility index (Phi) is 10.1. The maximum absolute atomic E-state index is 13.4. The van der Waals surface area contributed by atoms with Crippen LogP contribution >= 0.6 is 0 Å². The highest BCUT2D eigenvalue weighted by molar-refractivity contribution is 5.96. The van der Waals surface area contributed by atoms with Crippen molar-refractivity contribution in [2.75, 3.05) is 39.3 Å². The van der Waals surface area contributed by atoms with E-state index in [2.05, 4.69) is 21.0 Å². The molecule has 1 aliphatic carbocycles. The number of hydrogen-bond acceptors (Lipinski definition) is 8. The third kappa shape index (κ3) is 7.54. The molecule has 3 aliphatic rings. The molecule has 4 amide bonds. The Labute approximate surface area is 255 Å². The van der Waals surface area contributed by atoms with Crippen molar-refractivity contribution in [3.05, 3.63) is 42.1 Å². The molecule has 3 fully saturated rings. The number of nitrogens with zero attached hydrogens (tertiary/aromatic N) is 4. The summed E-state index contributed by atoms with van der Waals surface area (Å²) in [6.07, 6.45) is 3.94. The number of aliphatic carboxylic acids is 1. The van der Waals surface area contributed by atoms with Crippen molar-refractivity contribution in [3.8, 4) is 11.6 Å². The number of hydrogen-bond donors (Lipinski definition) is 4. The molecule has 0 radical (unpaired) electrons. The number of carboxylic acid groups (broad SMARTS) is 1. The van der Waals surface area contributed by atoms with Gasteiger partial charge in [0.15, 0.2) is 12.3 Å². The predicted octanol–water partition coefficient (Wildman–Crippen LogP) is 0.306. The number of aromatic nitrogens is 2. The van der Waals surface area contributed by atoms with Crippen LogP contribution in [0.15, 0.2) is 36.4 Å². The average molecular weight is 610 g/mol. The van der Waals surface area contributed by atoms with E-state index in [9.17, 15) is 29.1 Å². The number of rotatable bonds is 12. The van der Waals surface area contributed by atoms with E-state index in [1.807, 2.05) is 6.07 Å². The number of nitrogens with one attached hydrogen (secondary N) is 3. The molecular weight excluding hydrogens is 570 g/mol. The van der Waals surface area contributed by atoms with Crippen LogP contribution in [0.4, 0.5) is 0 Å². The van der Waals surface area contributed by atoms with Gasteiger partial charge in [0.25, 0.3) is 11.8 Å². The highest BCUT2D eigenvalue weighted by atomic mass is 16.5. The molecule has 2 atom stereocenters. The quantitative estimate of drug-likeness (QED) is 0.264. The SMILES string of the molecule is O=C(O)CC[C@H](NC(=O)c1cc(OCC(=O)N2CCC[C@H]2C(=O)NC2CCC2)n(-c2ccccc2)n1)C(=O)N1CCNCC1. The van der Waals surface area contributed by atoms with Crippen LogP contribution in [0.5, 0.6) is 5.88 Å². The molecule has 1 aromatic heterocycles. The van der Waals surface area contributed by atoms with Gasteiger partial charge in [-0.1, -0.05) is 18.2 Å². The molecule has 44 heavy (non-hydrogen) atoms. The van der Waals surface area contributed by atoms with Crippen LogP contribution < -0.4 is 20.7 Å². The lowest BCUT2D eigenvalue weighted by Gasteiger charge is -2.31. The van der Waals surface area contributed by atoms with Gasteiger partial charge in [0, 0.05) is 51.3 Å². The first-order chi connectivity index (χ1) is 21.3. The minimum absolute atomic E-state index is 0.0661. The molecule has 4 N–H and O–H groups in total. The second-order valence-corrected chi connectivity index (χ2v) is 11.3. The van der Waals surface area contributed by atoms with Crippen molar-refractivity contribution in [1.29, 1.82) is 0 Å². The van der Waals surface area contributed by atoms with E-state index < -0.39 is 24.0 Å². The van der Waals surface area contributed by atoms with Gasteiger partial charge in [0.1, 0.15) is 12.1 Å². The van der Waals surface area contributed by atoms with Gasteiger partial charge < -0.3 is 35.6 Å². The smallest absolute Gasteiger partial charge is 0.303 e. The fourth-order valence-electron chi connectivity index (χ4n) is 5.60. The summed E-state index contributed by atoms with van der Waals surface area (Å²) in [6, 6.07) is 8.88. The van der Waals surface area contributed by atoms with Crippen molar-refractivity contribution in [1.82, 2.24) is 35.5 Å². The summed E-state index contributed by atoms with van der Waals surface area (Å²) >= 11 is 0. The summed E-state index contributed by atoms with van der Waals surface area (Å²) in [7, 11) is 0. The Balaban J connectivity index is 1.29. The highest BCUT2D eigenvalue weighted by Crippen LogP contribution is 2.23. The minimum atomic E-state index is -1.08. The van der Waals surface area contributed by atoms with Gasteiger partial charge in [0.2, 0.25) is 17.7 Å². The average Bonchev–Trinajstić information content (AvgIpc) is 3.68. The van der Waals surface area contributed by atoms with Crippen LogP contribution in [0.3, 0.4) is 0 Å². The zero-order valence-electron chi connectivity index (χ0n) is 24.6. The lowest BCUT2D eigenvalue weighted by Crippen LogP contribution is -2.54. The first-order valence-electron chi connectivity index (χ1n) is 15.2. The maximum Gasteiger partial charge on any atom is 0.303 e. The summed E-state index contributed by atoms with van der Waals surface area (Å²) in [5.41, 5.74) is 0.510.